The maximum atomic E-state index is 12.3. The molecule has 128 valence electrons. The number of aromatic nitrogens is 1. The molecule has 3 aromatic rings. The van der Waals surface area contributed by atoms with Crippen molar-refractivity contribution in [2.75, 3.05) is 0 Å². The van der Waals surface area contributed by atoms with Crippen LogP contribution in [0.3, 0.4) is 0 Å². The molecule has 1 heterocycles. The first-order valence-corrected chi connectivity index (χ1v) is 8.69. The van der Waals surface area contributed by atoms with Crippen molar-refractivity contribution in [2.45, 2.75) is 19.4 Å². The van der Waals surface area contributed by atoms with Crippen LogP contribution in [-0.4, -0.2) is 20.8 Å². The van der Waals surface area contributed by atoms with Gasteiger partial charge in [-0.2, -0.15) is 0 Å². The second-order valence-electron chi connectivity index (χ2n) is 5.90. The molecule has 0 aliphatic rings. The third kappa shape index (κ3) is 4.03. The molecule has 1 atom stereocenters. The second-order valence-corrected chi connectivity index (χ2v) is 6.96. The van der Waals surface area contributed by atoms with E-state index in [1.165, 1.54) is 15.5 Å². The van der Waals surface area contributed by atoms with Gasteiger partial charge in [0.1, 0.15) is 0 Å². The van der Waals surface area contributed by atoms with Gasteiger partial charge in [-0.05, 0) is 24.1 Å². The Bertz CT molecular complexity index is 958. The number of carboxylic acid groups (broad SMARTS) is 1. The molecule has 6 heteroatoms. The number of carbonyl (C=O) groups is 2. The van der Waals surface area contributed by atoms with Crippen molar-refractivity contribution < 1.29 is 14.7 Å². The molecule has 0 aliphatic heterocycles. The molecule has 1 aromatic heterocycles. The van der Waals surface area contributed by atoms with E-state index in [-0.39, 0.29) is 24.3 Å². The summed E-state index contributed by atoms with van der Waals surface area (Å²) in [6.07, 6.45) is 0.203. The minimum absolute atomic E-state index is 0.0866. The summed E-state index contributed by atoms with van der Waals surface area (Å²) in [5.41, 5.74) is 0.672. The lowest BCUT2D eigenvalue weighted by molar-refractivity contribution is -0.143. The summed E-state index contributed by atoms with van der Waals surface area (Å²) in [5.74, 6) is -2.04. The number of rotatable bonds is 7. The number of carboxylic acids is 1. The van der Waals surface area contributed by atoms with Crippen LogP contribution in [0.2, 0.25) is 0 Å². The lowest BCUT2D eigenvalue weighted by Crippen LogP contribution is -2.25. The first-order chi connectivity index (χ1) is 12.0. The maximum absolute atomic E-state index is 12.3. The van der Waals surface area contributed by atoms with Crippen LogP contribution in [0.4, 0.5) is 0 Å². The molecule has 1 unspecified atom stereocenters. The topological polar surface area (TPSA) is 76.4 Å². The van der Waals surface area contributed by atoms with E-state index in [0.717, 1.165) is 10.3 Å². The Kier molecular flexibility index (Phi) is 5.09. The molecule has 3 rings (SSSR count). The van der Waals surface area contributed by atoms with E-state index >= 15 is 0 Å². The Hall–Kier alpha value is -2.73. The first kappa shape index (κ1) is 17.1. The number of Topliss-reactive ketones (excluding diaryl/α,β-unsaturated/α-hetero) is 1. The van der Waals surface area contributed by atoms with E-state index in [4.69, 9.17) is 0 Å². The van der Waals surface area contributed by atoms with Crippen molar-refractivity contribution >= 4 is 33.4 Å². The number of hydrogen-bond acceptors (Lipinski definition) is 4. The highest BCUT2D eigenvalue weighted by atomic mass is 32.1. The average Bonchev–Trinajstić information content (AvgIpc) is 2.91. The van der Waals surface area contributed by atoms with Gasteiger partial charge in [-0.3, -0.25) is 18.3 Å². The van der Waals surface area contributed by atoms with Gasteiger partial charge in [0, 0.05) is 6.42 Å². The minimum Gasteiger partial charge on any atom is -0.481 e. The normalized spacial score (nSPS) is 12.2. The fraction of sp³-hybridized carbons (Fsp3) is 0.211. The van der Waals surface area contributed by atoms with Crippen molar-refractivity contribution in [1.82, 2.24) is 3.96 Å². The van der Waals surface area contributed by atoms with Crippen LogP contribution in [0.5, 0.6) is 0 Å². The highest BCUT2D eigenvalue weighted by Crippen LogP contribution is 2.17. The molecule has 25 heavy (non-hydrogen) atoms. The van der Waals surface area contributed by atoms with Crippen LogP contribution in [-0.2, 0) is 22.6 Å². The van der Waals surface area contributed by atoms with Gasteiger partial charge >= 0.3 is 5.97 Å². The lowest BCUT2D eigenvalue weighted by atomic mass is 9.94. The third-order valence-electron chi connectivity index (χ3n) is 4.02. The molecular formula is C19H17NO4S. The number of ketones is 1. The summed E-state index contributed by atoms with van der Waals surface area (Å²) in [6.45, 7) is -0.0866. The zero-order valence-corrected chi connectivity index (χ0v) is 14.2. The molecule has 2 aromatic carbocycles. The van der Waals surface area contributed by atoms with Crippen molar-refractivity contribution in [3.8, 4) is 0 Å². The van der Waals surface area contributed by atoms with E-state index in [9.17, 15) is 19.5 Å². The van der Waals surface area contributed by atoms with Gasteiger partial charge in [0.25, 0.3) is 5.56 Å². The van der Waals surface area contributed by atoms with Crippen LogP contribution in [0.25, 0.3) is 10.1 Å². The molecule has 0 aliphatic carbocycles. The van der Waals surface area contributed by atoms with Crippen molar-refractivity contribution in [2.24, 2.45) is 5.92 Å². The summed E-state index contributed by atoms with van der Waals surface area (Å²) in [7, 11) is 0. The van der Waals surface area contributed by atoms with E-state index in [2.05, 4.69) is 0 Å². The molecular weight excluding hydrogens is 338 g/mol. The maximum Gasteiger partial charge on any atom is 0.307 e. The fourth-order valence-electron chi connectivity index (χ4n) is 2.77. The van der Waals surface area contributed by atoms with Gasteiger partial charge in [-0.1, -0.05) is 54.0 Å². The Morgan fingerprint density at radius 1 is 1.04 bits per heavy atom. The molecule has 5 nitrogen and oxygen atoms in total. The highest BCUT2D eigenvalue weighted by molar-refractivity contribution is 7.13. The Morgan fingerprint density at radius 2 is 1.72 bits per heavy atom. The smallest absolute Gasteiger partial charge is 0.307 e. The summed E-state index contributed by atoms with van der Waals surface area (Å²) < 4.78 is 2.22. The molecule has 1 N–H and O–H groups in total. The fourth-order valence-corrected chi connectivity index (χ4v) is 3.79. The summed E-state index contributed by atoms with van der Waals surface area (Å²) in [6, 6.07) is 16.4. The Balaban J connectivity index is 1.72. The number of aliphatic carboxylic acids is 1. The predicted octanol–water partition coefficient (Wildman–Crippen LogP) is 2.97. The molecule has 0 fully saturated rings. The van der Waals surface area contributed by atoms with E-state index in [1.807, 2.05) is 42.5 Å². The monoisotopic (exact) mass is 355 g/mol. The zero-order chi connectivity index (χ0) is 17.8. The van der Waals surface area contributed by atoms with Gasteiger partial charge in [0.2, 0.25) is 0 Å². The van der Waals surface area contributed by atoms with Crippen molar-refractivity contribution in [3.05, 3.63) is 70.5 Å². The summed E-state index contributed by atoms with van der Waals surface area (Å²) in [5, 5.41) is 9.98. The average molecular weight is 355 g/mol. The number of benzene rings is 2. The quantitative estimate of drug-likeness (QED) is 0.707. The number of fused-ring (bicyclic) bond motifs is 1. The van der Waals surface area contributed by atoms with Crippen molar-refractivity contribution in [3.63, 3.8) is 0 Å². The molecule has 0 saturated heterocycles. The highest BCUT2D eigenvalue weighted by Gasteiger charge is 2.22. The van der Waals surface area contributed by atoms with Gasteiger partial charge in [-0.25, -0.2) is 0 Å². The van der Waals surface area contributed by atoms with Gasteiger partial charge < -0.3 is 5.11 Å². The zero-order valence-electron chi connectivity index (χ0n) is 13.4. The number of nitrogens with zero attached hydrogens (tertiary/aromatic N) is 1. The standard InChI is InChI=1S/C19H17NO4S/c21-15(11-14(19(23)24)10-13-6-2-1-3-7-13)12-20-18(22)16-8-4-5-9-17(16)25-20/h1-9,14H,10-12H2,(H,23,24). The Labute approximate surface area is 148 Å². The Morgan fingerprint density at radius 3 is 2.40 bits per heavy atom. The molecule has 0 saturated carbocycles. The lowest BCUT2D eigenvalue weighted by Gasteiger charge is -2.11. The van der Waals surface area contributed by atoms with Crippen LogP contribution in [0, 0.1) is 5.92 Å². The van der Waals surface area contributed by atoms with Gasteiger partial charge in [-0.15, -0.1) is 0 Å². The first-order valence-electron chi connectivity index (χ1n) is 7.92. The molecule has 0 bridgehead atoms. The molecule has 0 radical (unpaired) electrons. The largest absolute Gasteiger partial charge is 0.481 e. The second kappa shape index (κ2) is 7.44. The summed E-state index contributed by atoms with van der Waals surface area (Å²) in [4.78, 5) is 36.1. The van der Waals surface area contributed by atoms with Crippen LogP contribution >= 0.6 is 11.5 Å². The van der Waals surface area contributed by atoms with Crippen LogP contribution in [0.1, 0.15) is 12.0 Å². The van der Waals surface area contributed by atoms with Crippen molar-refractivity contribution in [1.29, 1.82) is 0 Å². The van der Waals surface area contributed by atoms with E-state index in [0.29, 0.717) is 11.8 Å². The SMILES string of the molecule is O=C(CC(Cc1ccccc1)C(=O)O)Cn1sc2ccccc2c1=O. The summed E-state index contributed by atoms with van der Waals surface area (Å²) >= 11 is 1.23. The van der Waals surface area contributed by atoms with Gasteiger partial charge in [0.15, 0.2) is 5.78 Å². The van der Waals surface area contributed by atoms with Crippen LogP contribution < -0.4 is 5.56 Å². The van der Waals surface area contributed by atoms with E-state index < -0.39 is 11.9 Å². The number of hydrogen-bond donors (Lipinski definition) is 1. The number of carbonyl (C=O) groups excluding carboxylic acids is 1. The van der Waals surface area contributed by atoms with E-state index in [1.54, 1.807) is 12.1 Å². The predicted molar refractivity (Wildman–Crippen MR) is 97.0 cm³/mol. The molecule has 0 amide bonds. The van der Waals surface area contributed by atoms with Crippen LogP contribution in [0.15, 0.2) is 59.4 Å². The third-order valence-corrected chi connectivity index (χ3v) is 5.09. The molecule has 0 spiro atoms. The minimum atomic E-state index is -0.999. The van der Waals surface area contributed by atoms with Gasteiger partial charge in [0.05, 0.1) is 22.5 Å².